The molecule has 4 heteroatoms. The lowest BCUT2D eigenvalue weighted by molar-refractivity contribution is 0.574. The Hall–Kier alpha value is -1.45. The van der Waals surface area contributed by atoms with Crippen molar-refractivity contribution >= 4 is 11.6 Å². The van der Waals surface area contributed by atoms with Crippen LogP contribution in [0.15, 0.2) is 30.3 Å². The first-order valence-electron chi connectivity index (χ1n) is 6.09. The molecule has 0 saturated carbocycles. The van der Waals surface area contributed by atoms with E-state index in [9.17, 15) is 4.39 Å². The lowest BCUT2D eigenvalue weighted by atomic mass is 9.97. The Morgan fingerprint density at radius 3 is 2.42 bits per heavy atom. The Morgan fingerprint density at radius 2 is 1.84 bits per heavy atom. The van der Waals surface area contributed by atoms with Crippen molar-refractivity contribution < 1.29 is 4.39 Å². The summed E-state index contributed by atoms with van der Waals surface area (Å²) in [4.78, 5) is 4.43. The smallest absolute Gasteiger partial charge is 0.129 e. The van der Waals surface area contributed by atoms with E-state index in [0.29, 0.717) is 10.6 Å². The Bertz CT molecular complexity index is 547. The van der Waals surface area contributed by atoms with Gasteiger partial charge in [0, 0.05) is 22.0 Å². The molecule has 0 bridgehead atoms. The van der Waals surface area contributed by atoms with Gasteiger partial charge in [-0.3, -0.25) is 4.98 Å². The van der Waals surface area contributed by atoms with Crippen molar-refractivity contribution in [1.82, 2.24) is 10.3 Å². The van der Waals surface area contributed by atoms with Gasteiger partial charge in [0.2, 0.25) is 0 Å². The van der Waals surface area contributed by atoms with E-state index in [-0.39, 0.29) is 11.9 Å². The lowest BCUT2D eigenvalue weighted by Gasteiger charge is -2.20. The molecule has 1 heterocycles. The molecule has 1 unspecified atom stereocenters. The largest absolute Gasteiger partial charge is 0.309 e. The van der Waals surface area contributed by atoms with Crippen LogP contribution in [0.3, 0.4) is 0 Å². The molecule has 1 aromatic carbocycles. The minimum absolute atomic E-state index is 0.231. The average molecular weight is 279 g/mol. The number of rotatable bonds is 3. The van der Waals surface area contributed by atoms with Crippen LogP contribution < -0.4 is 5.32 Å². The zero-order valence-corrected chi connectivity index (χ0v) is 11.9. The van der Waals surface area contributed by atoms with E-state index in [1.54, 1.807) is 19.2 Å². The van der Waals surface area contributed by atoms with Crippen molar-refractivity contribution in [3.05, 3.63) is 63.7 Å². The van der Waals surface area contributed by atoms with Crippen LogP contribution in [0.25, 0.3) is 0 Å². The van der Waals surface area contributed by atoms with Gasteiger partial charge in [0.1, 0.15) is 5.82 Å². The van der Waals surface area contributed by atoms with Crippen LogP contribution in [0.2, 0.25) is 5.02 Å². The zero-order chi connectivity index (χ0) is 14.0. The molecule has 0 fully saturated rings. The van der Waals surface area contributed by atoms with Crippen molar-refractivity contribution in [2.45, 2.75) is 19.9 Å². The summed E-state index contributed by atoms with van der Waals surface area (Å²) < 4.78 is 14.0. The highest BCUT2D eigenvalue weighted by Crippen LogP contribution is 2.27. The van der Waals surface area contributed by atoms with Gasteiger partial charge in [-0.05, 0) is 44.7 Å². The summed E-state index contributed by atoms with van der Waals surface area (Å²) in [5, 5.41) is 3.53. The molecule has 0 amide bonds. The maximum atomic E-state index is 14.0. The number of hydrogen-bond acceptors (Lipinski definition) is 2. The Balaban J connectivity index is 2.50. The number of aryl methyl sites for hydroxylation is 2. The summed E-state index contributed by atoms with van der Waals surface area (Å²) in [6.07, 6.45) is 0. The minimum atomic E-state index is -0.313. The fourth-order valence-corrected chi connectivity index (χ4v) is 2.38. The highest BCUT2D eigenvalue weighted by Gasteiger charge is 2.18. The summed E-state index contributed by atoms with van der Waals surface area (Å²) in [7, 11) is 1.80. The molecule has 1 N–H and O–H groups in total. The van der Waals surface area contributed by atoms with E-state index in [1.807, 2.05) is 26.0 Å². The highest BCUT2D eigenvalue weighted by atomic mass is 35.5. The van der Waals surface area contributed by atoms with Gasteiger partial charge in [-0.1, -0.05) is 23.7 Å². The third-order valence-electron chi connectivity index (χ3n) is 3.14. The predicted octanol–water partition coefficient (Wildman–Crippen LogP) is 3.80. The zero-order valence-electron chi connectivity index (χ0n) is 11.2. The molecule has 2 aromatic rings. The summed E-state index contributed by atoms with van der Waals surface area (Å²) in [5.74, 6) is -0.313. The molecule has 0 saturated heterocycles. The second-order valence-electron chi connectivity index (χ2n) is 4.51. The predicted molar refractivity (Wildman–Crippen MR) is 76.0 cm³/mol. The maximum Gasteiger partial charge on any atom is 0.129 e. The third-order valence-corrected chi connectivity index (χ3v) is 3.37. The SMILES string of the molecule is CNC(c1ccc(Cl)cc1F)c1ccc(C)nc1C. The molecule has 0 aliphatic carbocycles. The van der Waals surface area contributed by atoms with Crippen molar-refractivity contribution in [3.63, 3.8) is 0 Å². The fraction of sp³-hybridized carbons (Fsp3) is 0.267. The maximum absolute atomic E-state index is 14.0. The topological polar surface area (TPSA) is 24.9 Å². The normalized spacial score (nSPS) is 12.5. The number of hydrogen-bond donors (Lipinski definition) is 1. The Labute approximate surface area is 117 Å². The van der Waals surface area contributed by atoms with Crippen LogP contribution in [0.5, 0.6) is 0 Å². The molecule has 0 spiro atoms. The van der Waals surface area contributed by atoms with E-state index in [2.05, 4.69) is 10.3 Å². The molecule has 19 heavy (non-hydrogen) atoms. The number of pyridine rings is 1. The van der Waals surface area contributed by atoms with E-state index >= 15 is 0 Å². The van der Waals surface area contributed by atoms with Gasteiger partial charge in [-0.15, -0.1) is 0 Å². The van der Waals surface area contributed by atoms with Gasteiger partial charge in [0.05, 0.1) is 6.04 Å². The molecule has 0 radical (unpaired) electrons. The standard InChI is InChI=1S/C15H16ClFN2/c1-9-4-6-12(10(2)19-9)15(18-3)13-7-5-11(16)8-14(13)17/h4-8,15,18H,1-3H3. The van der Waals surface area contributed by atoms with Gasteiger partial charge in [0.15, 0.2) is 0 Å². The van der Waals surface area contributed by atoms with Gasteiger partial charge < -0.3 is 5.32 Å². The lowest BCUT2D eigenvalue weighted by Crippen LogP contribution is -2.20. The summed E-state index contributed by atoms with van der Waals surface area (Å²) in [5.41, 5.74) is 3.39. The molecule has 2 nitrogen and oxygen atoms in total. The number of nitrogens with one attached hydrogen (secondary N) is 1. The van der Waals surface area contributed by atoms with Crippen LogP contribution in [-0.4, -0.2) is 12.0 Å². The second kappa shape index (κ2) is 5.68. The fourth-order valence-electron chi connectivity index (χ4n) is 2.22. The Kier molecular flexibility index (Phi) is 4.17. The number of halogens is 2. The molecule has 100 valence electrons. The minimum Gasteiger partial charge on any atom is -0.309 e. The van der Waals surface area contributed by atoms with Crippen LogP contribution >= 0.6 is 11.6 Å². The summed E-state index contributed by atoms with van der Waals surface area (Å²) >= 11 is 5.79. The molecule has 1 aromatic heterocycles. The van der Waals surface area contributed by atoms with Crippen molar-refractivity contribution in [2.24, 2.45) is 0 Å². The van der Waals surface area contributed by atoms with Crippen LogP contribution in [-0.2, 0) is 0 Å². The molecular weight excluding hydrogens is 263 g/mol. The quantitative estimate of drug-likeness (QED) is 0.924. The Morgan fingerprint density at radius 1 is 1.16 bits per heavy atom. The van der Waals surface area contributed by atoms with E-state index in [0.717, 1.165) is 17.0 Å². The van der Waals surface area contributed by atoms with Crippen LogP contribution in [0.4, 0.5) is 4.39 Å². The van der Waals surface area contributed by atoms with E-state index < -0.39 is 0 Å². The second-order valence-corrected chi connectivity index (χ2v) is 4.95. The first-order valence-corrected chi connectivity index (χ1v) is 6.47. The molecule has 0 aliphatic rings. The summed E-state index contributed by atoms with van der Waals surface area (Å²) in [6, 6.07) is 8.41. The van der Waals surface area contributed by atoms with Gasteiger partial charge >= 0.3 is 0 Å². The first-order chi connectivity index (χ1) is 9.02. The molecule has 2 rings (SSSR count). The van der Waals surface area contributed by atoms with Crippen molar-refractivity contribution in [3.8, 4) is 0 Å². The van der Waals surface area contributed by atoms with Crippen molar-refractivity contribution in [1.29, 1.82) is 0 Å². The monoisotopic (exact) mass is 278 g/mol. The number of nitrogens with zero attached hydrogens (tertiary/aromatic N) is 1. The van der Waals surface area contributed by atoms with Gasteiger partial charge in [0.25, 0.3) is 0 Å². The molecular formula is C15H16ClFN2. The van der Waals surface area contributed by atoms with E-state index in [1.165, 1.54) is 6.07 Å². The third kappa shape index (κ3) is 2.94. The van der Waals surface area contributed by atoms with E-state index in [4.69, 9.17) is 11.6 Å². The average Bonchev–Trinajstić information content (AvgIpc) is 2.34. The first kappa shape index (κ1) is 14.0. The van der Waals surface area contributed by atoms with Gasteiger partial charge in [-0.2, -0.15) is 0 Å². The number of benzene rings is 1. The van der Waals surface area contributed by atoms with Crippen LogP contribution in [0, 0.1) is 19.7 Å². The number of aromatic nitrogens is 1. The summed E-state index contributed by atoms with van der Waals surface area (Å²) in [6.45, 7) is 3.87. The molecule has 0 aliphatic heterocycles. The molecule has 1 atom stereocenters. The highest BCUT2D eigenvalue weighted by molar-refractivity contribution is 6.30. The van der Waals surface area contributed by atoms with Gasteiger partial charge in [-0.25, -0.2) is 4.39 Å². The van der Waals surface area contributed by atoms with Crippen molar-refractivity contribution in [2.75, 3.05) is 7.05 Å². The van der Waals surface area contributed by atoms with Crippen LogP contribution in [0.1, 0.15) is 28.6 Å².